The van der Waals surface area contributed by atoms with Gasteiger partial charge in [-0.15, -0.1) is 0 Å². The second kappa shape index (κ2) is 9.07. The van der Waals surface area contributed by atoms with Gasteiger partial charge in [-0.05, 0) is 68.5 Å². The van der Waals surface area contributed by atoms with Gasteiger partial charge in [0.1, 0.15) is 0 Å². The van der Waals surface area contributed by atoms with Gasteiger partial charge in [-0.2, -0.15) is 9.29 Å². The van der Waals surface area contributed by atoms with Crippen LogP contribution in [0.15, 0.2) is 45.8 Å². The summed E-state index contributed by atoms with van der Waals surface area (Å²) in [5.74, 6) is 0.169. The fourth-order valence-electron chi connectivity index (χ4n) is 4.24. The molecular weight excluding hydrogens is 440 g/mol. The summed E-state index contributed by atoms with van der Waals surface area (Å²) in [6, 6.07) is 11.0. The lowest BCUT2D eigenvalue weighted by atomic mass is 9.98. The summed E-state index contributed by atoms with van der Waals surface area (Å²) in [6.07, 6.45) is 1.26. The van der Waals surface area contributed by atoms with E-state index in [1.54, 1.807) is 32.0 Å². The van der Waals surface area contributed by atoms with Crippen LogP contribution in [0.5, 0.6) is 0 Å². The summed E-state index contributed by atoms with van der Waals surface area (Å²) >= 11 is 0. The third-order valence-electron chi connectivity index (χ3n) is 5.84. The number of aryl methyl sites for hydroxylation is 4. The largest absolute Gasteiger partial charge is 0.339 e. The maximum Gasteiger partial charge on any atom is 0.243 e. The lowest BCUT2D eigenvalue weighted by Crippen LogP contribution is -2.43. The molecule has 4 rings (SSSR count). The Morgan fingerprint density at radius 1 is 1.09 bits per heavy atom. The molecule has 0 unspecified atom stereocenters. The Labute approximate surface area is 194 Å². The van der Waals surface area contributed by atoms with Crippen molar-refractivity contribution in [2.24, 2.45) is 5.92 Å². The van der Waals surface area contributed by atoms with Crippen molar-refractivity contribution in [3.8, 4) is 11.4 Å². The first-order valence-electron chi connectivity index (χ1n) is 10.9. The van der Waals surface area contributed by atoms with Crippen molar-refractivity contribution in [3.63, 3.8) is 0 Å². The Morgan fingerprint density at radius 2 is 1.82 bits per heavy atom. The molecule has 0 radical (unpaired) electrons. The van der Waals surface area contributed by atoms with Crippen molar-refractivity contribution in [1.29, 1.82) is 0 Å². The maximum absolute atomic E-state index is 13.5. The van der Waals surface area contributed by atoms with Crippen LogP contribution in [0.4, 0.5) is 5.69 Å². The van der Waals surface area contributed by atoms with Crippen molar-refractivity contribution in [2.75, 3.05) is 18.4 Å². The van der Waals surface area contributed by atoms with E-state index in [0.717, 1.165) is 16.8 Å². The minimum Gasteiger partial charge on any atom is -0.339 e. The number of rotatable bonds is 5. The van der Waals surface area contributed by atoms with E-state index >= 15 is 0 Å². The molecule has 9 heteroatoms. The molecule has 1 amide bonds. The number of hydrogen-bond donors (Lipinski definition) is 1. The molecule has 1 aliphatic rings. The number of amides is 1. The van der Waals surface area contributed by atoms with Gasteiger partial charge in [-0.1, -0.05) is 23.4 Å². The quantitative estimate of drug-likeness (QED) is 0.607. The molecule has 0 spiro atoms. The molecule has 8 nitrogen and oxygen atoms in total. The van der Waals surface area contributed by atoms with E-state index in [2.05, 4.69) is 15.5 Å². The summed E-state index contributed by atoms with van der Waals surface area (Å²) < 4.78 is 33.5. The summed E-state index contributed by atoms with van der Waals surface area (Å²) in [6.45, 7) is 7.91. The Kier molecular flexibility index (Phi) is 6.36. The number of carbonyl (C=O) groups is 1. The molecule has 1 aromatic heterocycles. The van der Waals surface area contributed by atoms with Crippen LogP contribution >= 0.6 is 0 Å². The highest BCUT2D eigenvalue weighted by Crippen LogP contribution is 2.29. The highest BCUT2D eigenvalue weighted by Gasteiger charge is 2.34. The molecular formula is C24H28N4O4S. The number of benzene rings is 2. The van der Waals surface area contributed by atoms with Gasteiger partial charge in [0.2, 0.25) is 27.6 Å². The molecule has 33 heavy (non-hydrogen) atoms. The van der Waals surface area contributed by atoms with Gasteiger partial charge in [0.15, 0.2) is 0 Å². The van der Waals surface area contributed by atoms with Gasteiger partial charge < -0.3 is 9.84 Å². The van der Waals surface area contributed by atoms with Crippen LogP contribution < -0.4 is 5.32 Å². The van der Waals surface area contributed by atoms with Crippen LogP contribution in [0.25, 0.3) is 11.4 Å². The number of piperidine rings is 1. The predicted octanol–water partition coefficient (Wildman–Crippen LogP) is 4.01. The average molecular weight is 469 g/mol. The Morgan fingerprint density at radius 3 is 2.48 bits per heavy atom. The Balaban J connectivity index is 1.55. The summed E-state index contributed by atoms with van der Waals surface area (Å²) in [4.78, 5) is 17.3. The number of carbonyl (C=O) groups excluding carboxylic acids is 1. The van der Waals surface area contributed by atoms with E-state index < -0.39 is 15.9 Å². The summed E-state index contributed by atoms with van der Waals surface area (Å²) in [5, 5.41) is 6.85. The van der Waals surface area contributed by atoms with E-state index in [0.29, 0.717) is 42.2 Å². The lowest BCUT2D eigenvalue weighted by molar-refractivity contribution is -0.120. The molecule has 3 aromatic rings. The van der Waals surface area contributed by atoms with Crippen LogP contribution in [0, 0.1) is 33.6 Å². The fraction of sp³-hybridized carbons (Fsp3) is 0.375. The average Bonchev–Trinajstić information content (AvgIpc) is 3.19. The molecule has 1 fully saturated rings. The third-order valence-corrected chi connectivity index (χ3v) is 7.84. The second-order valence-corrected chi connectivity index (χ2v) is 10.6. The normalized spacial score (nSPS) is 17.2. The molecule has 1 N–H and O–H groups in total. The number of nitrogens with zero attached hydrogens (tertiary/aromatic N) is 3. The smallest absolute Gasteiger partial charge is 0.243 e. The van der Waals surface area contributed by atoms with E-state index in [1.807, 2.05) is 32.0 Å². The first kappa shape index (κ1) is 23.1. The molecule has 0 aliphatic carbocycles. The second-order valence-electron chi connectivity index (χ2n) is 8.69. The zero-order chi connectivity index (χ0) is 23.8. The standard InChI is InChI=1S/C24H28N4O4S/c1-15-10-16(2)12-21(11-15)26-24(29)20-6-5-9-28(14-20)33(30,31)22-13-19(8-7-17(22)3)23-25-18(4)32-27-23/h7-8,10-13,20H,5-6,9,14H2,1-4H3,(H,26,29)/t20-/m0/s1. The summed E-state index contributed by atoms with van der Waals surface area (Å²) in [5.41, 5.74) is 4.05. The van der Waals surface area contributed by atoms with Crippen molar-refractivity contribution in [2.45, 2.75) is 45.4 Å². The topological polar surface area (TPSA) is 105 Å². The van der Waals surface area contributed by atoms with E-state index in [-0.39, 0.29) is 17.3 Å². The SMILES string of the molecule is Cc1cc(C)cc(NC(=O)[C@H]2CCCN(S(=O)(=O)c3cc(-c4noc(C)n4)ccc3C)C2)c1. The molecule has 0 saturated carbocycles. The first-order chi connectivity index (χ1) is 15.6. The van der Waals surface area contributed by atoms with Gasteiger partial charge in [0, 0.05) is 31.3 Å². The Bertz CT molecular complexity index is 1280. The van der Waals surface area contributed by atoms with Crippen molar-refractivity contribution in [3.05, 3.63) is 59.0 Å². The highest BCUT2D eigenvalue weighted by molar-refractivity contribution is 7.89. The number of aromatic nitrogens is 2. The number of anilines is 1. The number of hydrogen-bond acceptors (Lipinski definition) is 6. The van der Waals surface area contributed by atoms with Crippen LogP contribution in [-0.2, 0) is 14.8 Å². The number of sulfonamides is 1. The monoisotopic (exact) mass is 468 g/mol. The van der Waals surface area contributed by atoms with Crippen LogP contribution in [-0.4, -0.2) is 41.9 Å². The van der Waals surface area contributed by atoms with Crippen LogP contribution in [0.3, 0.4) is 0 Å². The zero-order valence-electron chi connectivity index (χ0n) is 19.3. The molecule has 174 valence electrons. The highest BCUT2D eigenvalue weighted by atomic mass is 32.2. The van der Waals surface area contributed by atoms with Crippen molar-refractivity contribution in [1.82, 2.24) is 14.4 Å². The third kappa shape index (κ3) is 4.99. The molecule has 1 atom stereocenters. The molecule has 1 saturated heterocycles. The van der Waals surface area contributed by atoms with Crippen LogP contribution in [0.2, 0.25) is 0 Å². The lowest BCUT2D eigenvalue weighted by Gasteiger charge is -2.31. The molecule has 1 aliphatic heterocycles. The van der Waals surface area contributed by atoms with Crippen molar-refractivity contribution >= 4 is 21.6 Å². The van der Waals surface area contributed by atoms with Crippen molar-refractivity contribution < 1.29 is 17.7 Å². The van der Waals surface area contributed by atoms with E-state index in [1.165, 1.54) is 4.31 Å². The minimum absolute atomic E-state index is 0.143. The van der Waals surface area contributed by atoms with Gasteiger partial charge in [0.25, 0.3) is 0 Å². The molecule has 2 heterocycles. The number of nitrogens with one attached hydrogen (secondary N) is 1. The van der Waals surface area contributed by atoms with Gasteiger partial charge in [0.05, 0.1) is 10.8 Å². The van der Waals surface area contributed by atoms with E-state index in [9.17, 15) is 13.2 Å². The predicted molar refractivity (Wildman–Crippen MR) is 125 cm³/mol. The minimum atomic E-state index is -3.80. The van der Waals surface area contributed by atoms with Gasteiger partial charge in [-0.3, -0.25) is 4.79 Å². The molecule has 2 aromatic carbocycles. The molecule has 0 bridgehead atoms. The fourth-order valence-corrected chi connectivity index (χ4v) is 6.01. The van der Waals surface area contributed by atoms with Crippen LogP contribution in [0.1, 0.15) is 35.4 Å². The first-order valence-corrected chi connectivity index (χ1v) is 12.4. The zero-order valence-corrected chi connectivity index (χ0v) is 20.1. The maximum atomic E-state index is 13.5. The van der Waals surface area contributed by atoms with Gasteiger partial charge in [-0.25, -0.2) is 8.42 Å². The Hall–Kier alpha value is -3.04. The summed E-state index contributed by atoms with van der Waals surface area (Å²) in [7, 11) is -3.80. The van der Waals surface area contributed by atoms with Gasteiger partial charge >= 0.3 is 0 Å². The van der Waals surface area contributed by atoms with E-state index in [4.69, 9.17) is 4.52 Å².